The molecule has 0 saturated heterocycles. The third-order valence-corrected chi connectivity index (χ3v) is 5.27. The van der Waals surface area contributed by atoms with E-state index in [1.165, 1.54) is 19.3 Å². The number of hydrogen-bond acceptors (Lipinski definition) is 3. The van der Waals surface area contributed by atoms with E-state index in [0.29, 0.717) is 22.8 Å². The monoisotopic (exact) mass is 422 g/mol. The molecule has 0 aliphatic carbocycles. The summed E-state index contributed by atoms with van der Waals surface area (Å²) in [5.74, 6) is -0.0165. The highest BCUT2D eigenvalue weighted by Crippen LogP contribution is 2.23. The first-order valence-corrected chi connectivity index (χ1v) is 11.6. The average molecular weight is 423 g/mol. The van der Waals surface area contributed by atoms with E-state index >= 15 is 0 Å². The maximum atomic E-state index is 12.0. The number of aliphatic hydroxyl groups is 1. The molecule has 1 amide bonds. The number of carbonyl (C=O) groups is 1. The van der Waals surface area contributed by atoms with Gasteiger partial charge in [-0.2, -0.15) is 0 Å². The summed E-state index contributed by atoms with van der Waals surface area (Å²) in [6.45, 7) is 2.22. The Morgan fingerprint density at radius 2 is 1.79 bits per heavy atom. The second kappa shape index (κ2) is 16.3. The van der Waals surface area contributed by atoms with Gasteiger partial charge in [0.05, 0.1) is 17.5 Å². The van der Waals surface area contributed by atoms with E-state index in [9.17, 15) is 9.90 Å². The van der Waals surface area contributed by atoms with Crippen LogP contribution in [0.15, 0.2) is 30.4 Å². The molecule has 0 bridgehead atoms. The first-order chi connectivity index (χ1) is 14.0. The molecular formula is C24H39ClN2O2. The topological polar surface area (TPSA) is 75.3 Å². The van der Waals surface area contributed by atoms with Gasteiger partial charge in [0.15, 0.2) is 0 Å². The zero-order chi connectivity index (χ0) is 21.3. The van der Waals surface area contributed by atoms with Crippen molar-refractivity contribution < 1.29 is 9.90 Å². The molecule has 164 valence electrons. The number of unbranched alkanes of at least 4 members (excludes halogenated alkanes) is 7. The zero-order valence-corrected chi connectivity index (χ0v) is 18.7. The molecule has 0 fully saturated rings. The van der Waals surface area contributed by atoms with Gasteiger partial charge in [-0.15, -0.1) is 0 Å². The first kappa shape index (κ1) is 25.5. The van der Waals surface area contributed by atoms with E-state index in [2.05, 4.69) is 24.4 Å². The van der Waals surface area contributed by atoms with Crippen LogP contribution in [0.4, 0.5) is 11.4 Å². The Balaban J connectivity index is 1.97. The molecule has 4 nitrogen and oxygen atoms in total. The standard InChI is InChI=1S/C24H39ClN2O2/c1-2-3-4-5-6-8-11-14-21(28)15-12-9-7-10-13-16-24(29)27-23-18-17-20(25)19-22(23)26/h6,8,17-19,21,28H,2-5,7,9-16,26H2,1H3,(H,27,29)/b8-6-/t21-/m0/s1. The SMILES string of the molecule is CCCCC/C=C\CC[C@H](O)CCCCCCCC(=O)Nc1ccc(Cl)cc1N. The lowest BCUT2D eigenvalue weighted by molar-refractivity contribution is -0.116. The van der Waals surface area contributed by atoms with Crippen LogP contribution in [0.3, 0.4) is 0 Å². The number of hydrogen-bond donors (Lipinski definition) is 3. The molecule has 5 heteroatoms. The van der Waals surface area contributed by atoms with Crippen LogP contribution >= 0.6 is 11.6 Å². The molecule has 1 aromatic rings. The maximum absolute atomic E-state index is 12.0. The Kier molecular flexibility index (Phi) is 14.3. The maximum Gasteiger partial charge on any atom is 0.224 e. The molecular weight excluding hydrogens is 384 g/mol. The van der Waals surface area contributed by atoms with Gasteiger partial charge in [0.1, 0.15) is 0 Å². The summed E-state index contributed by atoms with van der Waals surface area (Å²) in [6.07, 6.45) is 17.6. The van der Waals surface area contributed by atoms with Crippen molar-refractivity contribution in [3.05, 3.63) is 35.4 Å². The van der Waals surface area contributed by atoms with Crippen molar-refractivity contribution in [1.82, 2.24) is 0 Å². The summed E-state index contributed by atoms with van der Waals surface area (Å²) < 4.78 is 0. The number of anilines is 2. The lowest BCUT2D eigenvalue weighted by Crippen LogP contribution is -2.12. The van der Waals surface area contributed by atoms with Crippen LogP contribution in [0, 0.1) is 0 Å². The minimum absolute atomic E-state index is 0.0165. The molecule has 1 atom stereocenters. The lowest BCUT2D eigenvalue weighted by Gasteiger charge is -2.09. The number of aliphatic hydroxyl groups excluding tert-OH is 1. The quantitative estimate of drug-likeness (QED) is 0.154. The minimum Gasteiger partial charge on any atom is -0.397 e. The Bertz CT molecular complexity index is 605. The molecule has 0 saturated carbocycles. The summed E-state index contributed by atoms with van der Waals surface area (Å²) in [6, 6.07) is 5.07. The number of amides is 1. The summed E-state index contributed by atoms with van der Waals surface area (Å²) >= 11 is 5.86. The molecule has 4 N–H and O–H groups in total. The predicted octanol–water partition coefficient (Wildman–Crippen LogP) is 6.87. The van der Waals surface area contributed by atoms with Crippen molar-refractivity contribution in [2.45, 2.75) is 96.5 Å². The molecule has 0 heterocycles. The highest BCUT2D eigenvalue weighted by molar-refractivity contribution is 6.31. The minimum atomic E-state index is -0.189. The summed E-state index contributed by atoms with van der Waals surface area (Å²) in [5, 5.41) is 13.4. The van der Waals surface area contributed by atoms with Crippen LogP contribution in [-0.2, 0) is 4.79 Å². The smallest absolute Gasteiger partial charge is 0.224 e. The summed E-state index contributed by atoms with van der Waals surface area (Å²) in [4.78, 5) is 12.0. The molecule has 0 aromatic heterocycles. The Hall–Kier alpha value is -1.52. The normalized spacial score (nSPS) is 12.4. The Morgan fingerprint density at radius 3 is 2.55 bits per heavy atom. The van der Waals surface area contributed by atoms with Crippen LogP contribution in [0.1, 0.15) is 90.4 Å². The van der Waals surface area contributed by atoms with E-state index in [-0.39, 0.29) is 12.0 Å². The fraction of sp³-hybridized carbons (Fsp3) is 0.625. The van der Waals surface area contributed by atoms with Crippen LogP contribution in [0.25, 0.3) is 0 Å². The van der Waals surface area contributed by atoms with Crippen molar-refractivity contribution in [3.63, 3.8) is 0 Å². The van der Waals surface area contributed by atoms with Crippen molar-refractivity contribution in [2.75, 3.05) is 11.1 Å². The van der Waals surface area contributed by atoms with Gasteiger partial charge in [0, 0.05) is 11.4 Å². The number of allylic oxidation sites excluding steroid dienone is 2. The van der Waals surface area contributed by atoms with Gasteiger partial charge in [-0.1, -0.05) is 69.2 Å². The van der Waals surface area contributed by atoms with Crippen molar-refractivity contribution in [3.8, 4) is 0 Å². The first-order valence-electron chi connectivity index (χ1n) is 11.2. The number of benzene rings is 1. The number of nitrogen functional groups attached to an aromatic ring is 1. The zero-order valence-electron chi connectivity index (χ0n) is 18.0. The van der Waals surface area contributed by atoms with E-state index in [1.54, 1.807) is 18.2 Å². The molecule has 0 unspecified atom stereocenters. The van der Waals surface area contributed by atoms with Gasteiger partial charge in [-0.3, -0.25) is 4.79 Å². The van der Waals surface area contributed by atoms with Crippen molar-refractivity contribution >= 4 is 28.9 Å². The fourth-order valence-corrected chi connectivity index (χ4v) is 3.42. The van der Waals surface area contributed by atoms with E-state index in [0.717, 1.165) is 57.8 Å². The van der Waals surface area contributed by atoms with Gasteiger partial charge in [0.2, 0.25) is 5.91 Å². The highest BCUT2D eigenvalue weighted by Gasteiger charge is 2.06. The highest BCUT2D eigenvalue weighted by atomic mass is 35.5. The Morgan fingerprint density at radius 1 is 1.07 bits per heavy atom. The van der Waals surface area contributed by atoms with Crippen molar-refractivity contribution in [1.29, 1.82) is 0 Å². The second-order valence-electron chi connectivity index (χ2n) is 7.78. The summed E-state index contributed by atoms with van der Waals surface area (Å²) in [5.41, 5.74) is 6.94. The molecule has 1 rings (SSSR count). The van der Waals surface area contributed by atoms with Crippen LogP contribution in [0.5, 0.6) is 0 Å². The van der Waals surface area contributed by atoms with Gasteiger partial charge < -0.3 is 16.2 Å². The summed E-state index contributed by atoms with van der Waals surface area (Å²) in [7, 11) is 0. The third kappa shape index (κ3) is 13.3. The third-order valence-electron chi connectivity index (χ3n) is 5.04. The molecule has 0 aliphatic rings. The second-order valence-corrected chi connectivity index (χ2v) is 8.22. The lowest BCUT2D eigenvalue weighted by atomic mass is 10.0. The molecule has 0 spiro atoms. The van der Waals surface area contributed by atoms with E-state index in [1.807, 2.05) is 0 Å². The van der Waals surface area contributed by atoms with Crippen LogP contribution < -0.4 is 11.1 Å². The average Bonchev–Trinajstić information content (AvgIpc) is 2.68. The van der Waals surface area contributed by atoms with Gasteiger partial charge in [-0.05, 0) is 56.7 Å². The number of carbonyl (C=O) groups excluding carboxylic acids is 1. The molecule has 29 heavy (non-hydrogen) atoms. The molecule has 0 aliphatic heterocycles. The predicted molar refractivity (Wildman–Crippen MR) is 125 cm³/mol. The van der Waals surface area contributed by atoms with Gasteiger partial charge >= 0.3 is 0 Å². The van der Waals surface area contributed by atoms with Gasteiger partial charge in [0.25, 0.3) is 0 Å². The molecule has 1 aromatic carbocycles. The largest absolute Gasteiger partial charge is 0.397 e. The molecule has 0 radical (unpaired) electrons. The number of nitrogens with two attached hydrogens (primary N) is 1. The fourth-order valence-electron chi connectivity index (χ4n) is 3.24. The van der Waals surface area contributed by atoms with Gasteiger partial charge in [-0.25, -0.2) is 0 Å². The Labute approximate surface area is 181 Å². The van der Waals surface area contributed by atoms with Crippen LogP contribution in [-0.4, -0.2) is 17.1 Å². The number of rotatable bonds is 16. The van der Waals surface area contributed by atoms with Crippen LogP contribution in [0.2, 0.25) is 5.02 Å². The van der Waals surface area contributed by atoms with E-state index in [4.69, 9.17) is 17.3 Å². The number of nitrogens with one attached hydrogen (secondary N) is 1. The van der Waals surface area contributed by atoms with Crippen molar-refractivity contribution in [2.24, 2.45) is 0 Å². The van der Waals surface area contributed by atoms with E-state index < -0.39 is 0 Å². The number of halogens is 1.